The Labute approximate surface area is 153 Å². The first kappa shape index (κ1) is 17.0. The summed E-state index contributed by atoms with van der Waals surface area (Å²) in [5.41, 5.74) is 0.926. The molecule has 23 heavy (non-hydrogen) atoms. The maximum atomic E-state index is 12.6. The first-order chi connectivity index (χ1) is 11.1. The zero-order valence-electron chi connectivity index (χ0n) is 12.6. The Hall–Kier alpha value is -0.890. The summed E-state index contributed by atoms with van der Waals surface area (Å²) >= 11 is 10.2. The molecule has 0 N–H and O–H groups in total. The molecule has 2 aliphatic rings. The van der Waals surface area contributed by atoms with Crippen LogP contribution < -0.4 is 4.74 Å². The largest absolute Gasteiger partial charge is 0.496 e. The van der Waals surface area contributed by atoms with Crippen molar-refractivity contribution >= 4 is 56.2 Å². The van der Waals surface area contributed by atoms with Crippen molar-refractivity contribution in [2.75, 3.05) is 20.3 Å². The van der Waals surface area contributed by atoms with E-state index >= 15 is 0 Å². The fourth-order valence-electron chi connectivity index (χ4n) is 2.57. The summed E-state index contributed by atoms with van der Waals surface area (Å²) in [6.45, 7) is 1.32. The Balaban J connectivity index is 1.76. The topological polar surface area (TPSA) is 38.8 Å². The van der Waals surface area contributed by atoms with Crippen molar-refractivity contribution in [1.29, 1.82) is 0 Å². The molecular formula is C16H16BrNO3S2. The molecule has 7 heteroatoms. The minimum Gasteiger partial charge on any atom is -0.496 e. The predicted molar refractivity (Wildman–Crippen MR) is 99.5 cm³/mol. The number of halogens is 1. The minimum atomic E-state index is -0.0394. The highest BCUT2D eigenvalue weighted by molar-refractivity contribution is 9.10. The zero-order chi connectivity index (χ0) is 16.4. The van der Waals surface area contributed by atoms with E-state index in [1.165, 1.54) is 11.8 Å². The molecule has 2 aliphatic heterocycles. The summed E-state index contributed by atoms with van der Waals surface area (Å²) in [4.78, 5) is 14.9. The quantitative estimate of drug-likeness (QED) is 0.553. The maximum Gasteiger partial charge on any atom is 0.266 e. The molecule has 0 saturated carbocycles. The van der Waals surface area contributed by atoms with E-state index in [-0.39, 0.29) is 12.0 Å². The van der Waals surface area contributed by atoms with Crippen LogP contribution in [0.25, 0.3) is 6.08 Å². The molecule has 0 unspecified atom stereocenters. The second-order valence-electron chi connectivity index (χ2n) is 5.32. The lowest BCUT2D eigenvalue weighted by atomic mass is 10.2. The summed E-state index contributed by atoms with van der Waals surface area (Å²) < 4.78 is 12.3. The van der Waals surface area contributed by atoms with Gasteiger partial charge in [0, 0.05) is 6.61 Å². The Morgan fingerprint density at radius 3 is 3.04 bits per heavy atom. The van der Waals surface area contributed by atoms with Crippen molar-refractivity contribution in [1.82, 2.24) is 4.90 Å². The van der Waals surface area contributed by atoms with E-state index in [9.17, 15) is 4.79 Å². The molecule has 0 spiro atoms. The third-order valence-electron chi connectivity index (χ3n) is 3.76. The smallest absolute Gasteiger partial charge is 0.266 e. The second kappa shape index (κ2) is 7.34. The minimum absolute atomic E-state index is 0.0394. The first-order valence-electron chi connectivity index (χ1n) is 7.29. The summed E-state index contributed by atoms with van der Waals surface area (Å²) in [5, 5.41) is 0. The Morgan fingerprint density at radius 1 is 1.57 bits per heavy atom. The van der Waals surface area contributed by atoms with Gasteiger partial charge in [0.1, 0.15) is 10.1 Å². The number of amides is 1. The van der Waals surface area contributed by atoms with E-state index in [1.54, 1.807) is 12.0 Å². The molecule has 2 heterocycles. The van der Waals surface area contributed by atoms with Crippen LogP contribution in [0.1, 0.15) is 18.4 Å². The standard InChI is InChI=1S/C16H16BrNO3S2/c1-20-13-5-4-10(7-12(13)17)8-14-15(19)18(16(22)23-14)9-11-3-2-6-21-11/h4-5,7-8,11H,2-3,6,9H2,1H3/b14-8-/t11-/m0/s1. The van der Waals surface area contributed by atoms with E-state index in [2.05, 4.69) is 15.9 Å². The number of ether oxygens (including phenoxy) is 2. The average molecular weight is 414 g/mol. The molecule has 1 aromatic carbocycles. The summed E-state index contributed by atoms with van der Waals surface area (Å²) in [6.07, 6.45) is 4.00. The van der Waals surface area contributed by atoms with Crippen LogP contribution in [0.5, 0.6) is 5.75 Å². The van der Waals surface area contributed by atoms with Crippen LogP contribution >= 0.6 is 39.9 Å². The molecular weight excluding hydrogens is 398 g/mol. The van der Waals surface area contributed by atoms with Gasteiger partial charge in [0.25, 0.3) is 5.91 Å². The van der Waals surface area contributed by atoms with Crippen molar-refractivity contribution in [2.45, 2.75) is 18.9 Å². The average Bonchev–Trinajstić information content (AvgIpc) is 3.12. The maximum absolute atomic E-state index is 12.6. The lowest BCUT2D eigenvalue weighted by Crippen LogP contribution is -2.35. The molecule has 0 aliphatic carbocycles. The van der Waals surface area contributed by atoms with Crippen LogP contribution in [0.3, 0.4) is 0 Å². The fourth-order valence-corrected chi connectivity index (χ4v) is 4.41. The number of nitrogens with zero attached hydrogens (tertiary/aromatic N) is 1. The van der Waals surface area contributed by atoms with Gasteiger partial charge < -0.3 is 9.47 Å². The molecule has 1 atom stereocenters. The van der Waals surface area contributed by atoms with Crippen LogP contribution in [0.4, 0.5) is 0 Å². The molecule has 0 radical (unpaired) electrons. The molecule has 1 aromatic rings. The Kier molecular flexibility index (Phi) is 5.41. The third-order valence-corrected chi connectivity index (χ3v) is 5.75. The van der Waals surface area contributed by atoms with Crippen molar-refractivity contribution in [2.24, 2.45) is 0 Å². The highest BCUT2D eigenvalue weighted by atomic mass is 79.9. The highest BCUT2D eigenvalue weighted by Crippen LogP contribution is 2.34. The molecule has 4 nitrogen and oxygen atoms in total. The normalized spacial score (nSPS) is 23.1. The molecule has 1 amide bonds. The number of hydrogen-bond donors (Lipinski definition) is 0. The lowest BCUT2D eigenvalue weighted by Gasteiger charge is -2.18. The summed E-state index contributed by atoms with van der Waals surface area (Å²) in [7, 11) is 1.62. The molecule has 0 aromatic heterocycles. The number of methoxy groups -OCH3 is 1. The third kappa shape index (κ3) is 3.79. The van der Waals surface area contributed by atoms with Crippen LogP contribution in [-0.4, -0.2) is 41.5 Å². The van der Waals surface area contributed by atoms with Gasteiger partial charge in [-0.15, -0.1) is 0 Å². The SMILES string of the molecule is COc1ccc(/C=C2\SC(=S)N(C[C@@H]3CCCO3)C2=O)cc1Br. The van der Waals surface area contributed by atoms with Crippen LogP contribution in [-0.2, 0) is 9.53 Å². The Morgan fingerprint density at radius 2 is 2.39 bits per heavy atom. The van der Waals surface area contributed by atoms with Gasteiger partial charge in [0.2, 0.25) is 0 Å². The van der Waals surface area contributed by atoms with Crippen molar-refractivity contribution in [3.63, 3.8) is 0 Å². The number of thiocarbonyl (C=S) groups is 1. The van der Waals surface area contributed by atoms with E-state index in [4.69, 9.17) is 21.7 Å². The fraction of sp³-hybridized carbons (Fsp3) is 0.375. The van der Waals surface area contributed by atoms with Gasteiger partial charge in [-0.1, -0.05) is 30.0 Å². The molecule has 0 bridgehead atoms. The molecule has 3 rings (SSSR count). The number of carbonyl (C=O) groups excluding carboxylic acids is 1. The van der Waals surface area contributed by atoms with Gasteiger partial charge >= 0.3 is 0 Å². The predicted octanol–water partition coefficient (Wildman–Crippen LogP) is 3.84. The van der Waals surface area contributed by atoms with E-state index in [0.717, 1.165) is 35.2 Å². The van der Waals surface area contributed by atoms with Crippen LogP contribution in [0, 0.1) is 0 Å². The van der Waals surface area contributed by atoms with Gasteiger partial charge in [-0.25, -0.2) is 0 Å². The molecule has 2 fully saturated rings. The van der Waals surface area contributed by atoms with Gasteiger partial charge in [-0.3, -0.25) is 9.69 Å². The zero-order valence-corrected chi connectivity index (χ0v) is 15.8. The van der Waals surface area contributed by atoms with Gasteiger partial charge in [-0.2, -0.15) is 0 Å². The first-order valence-corrected chi connectivity index (χ1v) is 9.31. The number of thioether (sulfide) groups is 1. The molecule has 122 valence electrons. The van der Waals surface area contributed by atoms with Crippen LogP contribution in [0.2, 0.25) is 0 Å². The Bertz CT molecular complexity index is 671. The van der Waals surface area contributed by atoms with Gasteiger partial charge in [0.15, 0.2) is 0 Å². The summed E-state index contributed by atoms with van der Waals surface area (Å²) in [6, 6.07) is 5.70. The van der Waals surface area contributed by atoms with Gasteiger partial charge in [-0.05, 0) is 52.5 Å². The van der Waals surface area contributed by atoms with E-state index in [0.29, 0.717) is 15.8 Å². The lowest BCUT2D eigenvalue weighted by molar-refractivity contribution is -0.123. The highest BCUT2D eigenvalue weighted by Gasteiger charge is 2.34. The number of carbonyl (C=O) groups is 1. The summed E-state index contributed by atoms with van der Waals surface area (Å²) in [5.74, 6) is 0.718. The van der Waals surface area contributed by atoms with Crippen molar-refractivity contribution in [3.8, 4) is 5.75 Å². The molecule has 2 saturated heterocycles. The van der Waals surface area contributed by atoms with Gasteiger partial charge in [0.05, 0.1) is 29.1 Å². The van der Waals surface area contributed by atoms with Crippen molar-refractivity contribution < 1.29 is 14.3 Å². The number of benzene rings is 1. The van der Waals surface area contributed by atoms with E-state index < -0.39 is 0 Å². The number of hydrogen-bond acceptors (Lipinski definition) is 5. The van der Waals surface area contributed by atoms with E-state index in [1.807, 2.05) is 24.3 Å². The van der Waals surface area contributed by atoms with Crippen molar-refractivity contribution in [3.05, 3.63) is 33.1 Å². The number of rotatable bonds is 4. The van der Waals surface area contributed by atoms with Crippen LogP contribution in [0.15, 0.2) is 27.6 Å². The monoisotopic (exact) mass is 413 g/mol. The second-order valence-corrected chi connectivity index (χ2v) is 7.85.